The van der Waals surface area contributed by atoms with Crippen LogP contribution in [0.4, 0.5) is 5.69 Å². The zero-order valence-electron chi connectivity index (χ0n) is 16.7. The third kappa shape index (κ3) is 4.45. The van der Waals surface area contributed by atoms with Gasteiger partial charge in [0.15, 0.2) is 0 Å². The van der Waals surface area contributed by atoms with Crippen LogP contribution in [0.1, 0.15) is 24.8 Å². The molecule has 2 aromatic carbocycles. The van der Waals surface area contributed by atoms with Crippen LogP contribution in [0.15, 0.2) is 57.4 Å². The number of nitrogens with zero attached hydrogens (tertiary/aromatic N) is 6. The summed E-state index contributed by atoms with van der Waals surface area (Å²) in [5, 5.41) is 23.7. The van der Waals surface area contributed by atoms with Gasteiger partial charge in [-0.3, -0.25) is 10.1 Å². The minimum Gasteiger partial charge on any atom is -0.258 e. The lowest BCUT2D eigenvalue weighted by atomic mass is 10.2. The van der Waals surface area contributed by atoms with Crippen LogP contribution in [-0.4, -0.2) is 50.9 Å². The summed E-state index contributed by atoms with van der Waals surface area (Å²) in [5.41, 5.74) is 1.48. The maximum Gasteiger partial charge on any atom is 0.284 e. The molecule has 0 atom stereocenters. The molecule has 0 N–H and O–H groups in total. The second kappa shape index (κ2) is 8.73. The number of aryl methyl sites for hydroxylation is 1. The van der Waals surface area contributed by atoms with E-state index in [1.54, 1.807) is 0 Å². The molecule has 0 spiro atoms. The molecule has 10 nitrogen and oxygen atoms in total. The predicted octanol–water partition coefficient (Wildman–Crippen LogP) is 3.20. The van der Waals surface area contributed by atoms with E-state index in [4.69, 9.17) is 0 Å². The molecule has 1 aliphatic heterocycles. The van der Waals surface area contributed by atoms with Crippen molar-refractivity contribution in [1.82, 2.24) is 24.5 Å². The van der Waals surface area contributed by atoms with Crippen LogP contribution in [0.3, 0.4) is 0 Å². The van der Waals surface area contributed by atoms with Crippen LogP contribution in [0, 0.1) is 17.0 Å². The average molecular weight is 461 g/mol. The van der Waals surface area contributed by atoms with Gasteiger partial charge in [-0.25, -0.2) is 8.42 Å². The van der Waals surface area contributed by atoms with Crippen molar-refractivity contribution < 1.29 is 13.3 Å². The fourth-order valence-corrected chi connectivity index (χ4v) is 5.74. The van der Waals surface area contributed by atoms with Crippen molar-refractivity contribution in [3.8, 4) is 5.69 Å². The summed E-state index contributed by atoms with van der Waals surface area (Å²) >= 11 is 1.01. The number of nitro groups is 1. The molecule has 0 aliphatic carbocycles. The quantitative estimate of drug-likeness (QED) is 0.406. The van der Waals surface area contributed by atoms with Gasteiger partial charge < -0.3 is 0 Å². The first kappa shape index (κ1) is 21.4. The highest BCUT2D eigenvalue weighted by Gasteiger charge is 2.29. The highest BCUT2D eigenvalue weighted by molar-refractivity contribution is 7.99. The van der Waals surface area contributed by atoms with Gasteiger partial charge >= 0.3 is 0 Å². The molecule has 2 heterocycles. The van der Waals surface area contributed by atoms with Gasteiger partial charge in [-0.1, -0.05) is 24.1 Å². The van der Waals surface area contributed by atoms with E-state index in [-0.39, 0.29) is 15.5 Å². The van der Waals surface area contributed by atoms with Gasteiger partial charge in [0.2, 0.25) is 15.2 Å². The van der Waals surface area contributed by atoms with Gasteiger partial charge in [0, 0.05) is 19.2 Å². The Labute approximate surface area is 183 Å². The van der Waals surface area contributed by atoms with Crippen molar-refractivity contribution in [2.75, 3.05) is 13.1 Å². The molecule has 1 aromatic heterocycles. The number of hydrogen-bond donors (Lipinski definition) is 0. The first-order valence-electron chi connectivity index (χ1n) is 9.68. The second-order valence-electron chi connectivity index (χ2n) is 7.16. The van der Waals surface area contributed by atoms with Crippen LogP contribution in [0.2, 0.25) is 0 Å². The fourth-order valence-electron chi connectivity index (χ4n) is 3.33. The molecule has 31 heavy (non-hydrogen) atoms. The first-order chi connectivity index (χ1) is 14.9. The summed E-state index contributed by atoms with van der Waals surface area (Å²) in [6.45, 7) is 2.82. The number of hydrogen-bond acceptors (Lipinski definition) is 8. The second-order valence-corrected chi connectivity index (χ2v) is 10.1. The molecule has 1 aliphatic rings. The van der Waals surface area contributed by atoms with Gasteiger partial charge in [-0.2, -0.15) is 8.99 Å². The number of benzene rings is 2. The van der Waals surface area contributed by atoms with E-state index < -0.39 is 14.9 Å². The van der Waals surface area contributed by atoms with E-state index in [1.807, 2.05) is 31.2 Å². The molecular weight excluding hydrogens is 440 g/mol. The summed E-state index contributed by atoms with van der Waals surface area (Å²) in [6.07, 6.45) is 2.56. The molecule has 0 amide bonds. The van der Waals surface area contributed by atoms with Gasteiger partial charge in [0.1, 0.15) is 0 Å². The monoisotopic (exact) mass is 460 g/mol. The summed E-state index contributed by atoms with van der Waals surface area (Å²) in [4.78, 5) is 11.3. The number of nitro benzene ring substituents is 1. The SMILES string of the molecule is Cc1ccc(-n2nnnc2Sc2ccc(S(=O)(=O)N3CCCCC3)cc2[N+](=O)[O-])cc1. The Morgan fingerprint density at radius 1 is 1.06 bits per heavy atom. The lowest BCUT2D eigenvalue weighted by molar-refractivity contribution is -0.388. The molecule has 0 radical (unpaired) electrons. The summed E-state index contributed by atoms with van der Waals surface area (Å²) in [5.74, 6) is 0. The molecule has 162 valence electrons. The number of rotatable bonds is 6. The zero-order chi connectivity index (χ0) is 22.0. The van der Waals surface area contributed by atoms with Crippen LogP contribution in [0.25, 0.3) is 5.69 Å². The van der Waals surface area contributed by atoms with Crippen LogP contribution in [0.5, 0.6) is 0 Å². The van der Waals surface area contributed by atoms with Crippen LogP contribution >= 0.6 is 11.8 Å². The van der Waals surface area contributed by atoms with Crippen molar-refractivity contribution in [3.05, 3.63) is 58.1 Å². The minimum atomic E-state index is -3.78. The molecule has 0 unspecified atom stereocenters. The van der Waals surface area contributed by atoms with Crippen molar-refractivity contribution in [1.29, 1.82) is 0 Å². The maximum absolute atomic E-state index is 12.9. The van der Waals surface area contributed by atoms with Crippen molar-refractivity contribution >= 4 is 27.5 Å². The standard InChI is InChI=1S/C19H20N6O4S2/c1-14-5-7-15(8-6-14)24-19(20-21-22-24)30-18-10-9-16(13-17(18)25(26)27)31(28,29)23-11-3-2-4-12-23/h5-10,13H,2-4,11-12H2,1H3. The van der Waals surface area contributed by atoms with Crippen LogP contribution < -0.4 is 0 Å². The lowest BCUT2D eigenvalue weighted by Gasteiger charge is -2.25. The molecule has 1 fully saturated rings. The lowest BCUT2D eigenvalue weighted by Crippen LogP contribution is -2.35. The average Bonchev–Trinajstić information content (AvgIpc) is 3.23. The van der Waals surface area contributed by atoms with Crippen LogP contribution in [-0.2, 0) is 10.0 Å². The molecule has 12 heteroatoms. The molecule has 3 aromatic rings. The van der Waals surface area contributed by atoms with Crippen molar-refractivity contribution in [2.24, 2.45) is 0 Å². The third-order valence-electron chi connectivity index (χ3n) is 5.00. The number of sulfonamides is 1. The highest BCUT2D eigenvalue weighted by atomic mass is 32.2. The normalized spacial score (nSPS) is 15.1. The minimum absolute atomic E-state index is 0.0800. The van der Waals surface area contributed by atoms with E-state index >= 15 is 0 Å². The fraction of sp³-hybridized carbons (Fsp3) is 0.316. The Morgan fingerprint density at radius 2 is 1.77 bits per heavy atom. The molecule has 4 rings (SSSR count). The van der Waals surface area contributed by atoms with E-state index in [0.717, 1.165) is 42.7 Å². The van der Waals surface area contributed by atoms with Gasteiger partial charge in [0.05, 0.1) is 20.4 Å². The Morgan fingerprint density at radius 3 is 2.45 bits per heavy atom. The third-order valence-corrected chi connectivity index (χ3v) is 7.90. The van der Waals surface area contributed by atoms with Gasteiger partial charge in [-0.15, -0.1) is 5.10 Å². The maximum atomic E-state index is 12.9. The van der Waals surface area contributed by atoms with Gasteiger partial charge in [-0.05, 0) is 66.2 Å². The highest BCUT2D eigenvalue weighted by Crippen LogP contribution is 2.36. The van der Waals surface area contributed by atoms with E-state index in [1.165, 1.54) is 21.1 Å². The number of tetrazole rings is 1. The topological polar surface area (TPSA) is 124 Å². The Kier molecular flexibility index (Phi) is 6.03. The first-order valence-corrected chi connectivity index (χ1v) is 11.9. The Hall–Kier alpha value is -2.83. The molecule has 0 bridgehead atoms. The Bertz CT molecular complexity index is 1200. The summed E-state index contributed by atoms with van der Waals surface area (Å²) < 4.78 is 28.7. The van der Waals surface area contributed by atoms with E-state index in [2.05, 4.69) is 15.5 Å². The summed E-state index contributed by atoms with van der Waals surface area (Å²) in [7, 11) is -3.78. The van der Waals surface area contributed by atoms with Crippen molar-refractivity contribution in [2.45, 2.75) is 41.1 Å². The zero-order valence-corrected chi connectivity index (χ0v) is 18.3. The number of aromatic nitrogens is 4. The summed E-state index contributed by atoms with van der Waals surface area (Å²) in [6, 6.07) is 11.5. The van der Waals surface area contributed by atoms with Crippen molar-refractivity contribution in [3.63, 3.8) is 0 Å². The van der Waals surface area contributed by atoms with E-state index in [0.29, 0.717) is 23.9 Å². The Balaban J connectivity index is 1.67. The molecule has 1 saturated heterocycles. The van der Waals surface area contributed by atoms with Gasteiger partial charge in [0.25, 0.3) is 5.69 Å². The predicted molar refractivity (Wildman–Crippen MR) is 114 cm³/mol. The molecular formula is C19H20N6O4S2. The number of piperidine rings is 1. The van der Waals surface area contributed by atoms with E-state index in [9.17, 15) is 18.5 Å². The molecule has 0 saturated carbocycles. The smallest absolute Gasteiger partial charge is 0.258 e. The largest absolute Gasteiger partial charge is 0.284 e.